The molecule has 0 aromatic heterocycles. The maximum Gasteiger partial charge on any atom is 0.242 e. The lowest BCUT2D eigenvalue weighted by molar-refractivity contribution is -0.141. The second-order valence-electron chi connectivity index (χ2n) is 9.54. The molecular weight excluding hydrogens is 468 g/mol. The molecule has 37 heavy (non-hydrogen) atoms. The number of carbonyl (C=O) groups excluding carboxylic acids is 2. The molecule has 0 saturated heterocycles. The van der Waals surface area contributed by atoms with E-state index in [2.05, 4.69) is 5.32 Å². The zero-order valence-corrected chi connectivity index (χ0v) is 22.8. The van der Waals surface area contributed by atoms with Crippen LogP contribution in [0.3, 0.4) is 0 Å². The SMILES string of the molecule is CCOc1ccc(CCC(=O)N(Cc2ccc(OC)cc2)[C@H](C)C(=O)NC2CCCCC2)cc1OCC. The number of amides is 2. The lowest BCUT2D eigenvalue weighted by Gasteiger charge is -2.31. The first-order valence-electron chi connectivity index (χ1n) is 13.6. The molecule has 2 aromatic rings. The van der Waals surface area contributed by atoms with Crippen molar-refractivity contribution < 1.29 is 23.8 Å². The van der Waals surface area contributed by atoms with Crippen LogP contribution in [-0.4, -0.2) is 49.1 Å². The molecule has 1 saturated carbocycles. The Labute approximate surface area is 221 Å². The lowest BCUT2D eigenvalue weighted by atomic mass is 9.95. The van der Waals surface area contributed by atoms with E-state index in [4.69, 9.17) is 14.2 Å². The van der Waals surface area contributed by atoms with Gasteiger partial charge in [0.1, 0.15) is 11.8 Å². The average Bonchev–Trinajstić information content (AvgIpc) is 2.92. The zero-order valence-electron chi connectivity index (χ0n) is 22.8. The van der Waals surface area contributed by atoms with E-state index in [0.717, 1.165) is 42.6 Å². The molecule has 1 fully saturated rings. The van der Waals surface area contributed by atoms with E-state index in [-0.39, 0.29) is 24.3 Å². The van der Waals surface area contributed by atoms with Crippen LogP contribution in [-0.2, 0) is 22.6 Å². The van der Waals surface area contributed by atoms with Gasteiger partial charge in [0, 0.05) is 19.0 Å². The van der Waals surface area contributed by atoms with Crippen molar-refractivity contribution in [2.45, 2.75) is 84.3 Å². The molecular formula is C30H42N2O5. The molecule has 1 aliphatic rings. The molecule has 2 aromatic carbocycles. The molecule has 3 rings (SSSR count). The monoisotopic (exact) mass is 510 g/mol. The van der Waals surface area contributed by atoms with E-state index in [1.54, 1.807) is 12.0 Å². The molecule has 202 valence electrons. The summed E-state index contributed by atoms with van der Waals surface area (Å²) in [6.45, 7) is 7.14. The van der Waals surface area contributed by atoms with Gasteiger partial charge in [0.25, 0.3) is 0 Å². The molecule has 0 bridgehead atoms. The van der Waals surface area contributed by atoms with E-state index < -0.39 is 6.04 Å². The highest BCUT2D eigenvalue weighted by molar-refractivity contribution is 5.87. The third kappa shape index (κ3) is 8.41. The van der Waals surface area contributed by atoms with Crippen molar-refractivity contribution in [2.75, 3.05) is 20.3 Å². The summed E-state index contributed by atoms with van der Waals surface area (Å²) in [6, 6.07) is 13.0. The van der Waals surface area contributed by atoms with E-state index in [1.165, 1.54) is 6.42 Å². The van der Waals surface area contributed by atoms with Gasteiger partial charge in [-0.3, -0.25) is 9.59 Å². The van der Waals surface area contributed by atoms with Crippen LogP contribution in [0.1, 0.15) is 70.4 Å². The van der Waals surface area contributed by atoms with Gasteiger partial charge in [-0.05, 0) is 75.4 Å². The highest BCUT2D eigenvalue weighted by atomic mass is 16.5. The Kier molecular flexibility index (Phi) is 11.1. The topological polar surface area (TPSA) is 77.1 Å². The lowest BCUT2D eigenvalue weighted by Crippen LogP contribution is -2.50. The summed E-state index contributed by atoms with van der Waals surface area (Å²) in [5, 5.41) is 3.19. The summed E-state index contributed by atoms with van der Waals surface area (Å²) in [4.78, 5) is 28.4. The quantitative estimate of drug-likeness (QED) is 0.396. The van der Waals surface area contributed by atoms with Crippen molar-refractivity contribution in [2.24, 2.45) is 0 Å². The molecule has 0 unspecified atom stereocenters. The zero-order chi connectivity index (χ0) is 26.6. The van der Waals surface area contributed by atoms with Gasteiger partial charge in [-0.25, -0.2) is 0 Å². The summed E-state index contributed by atoms with van der Waals surface area (Å²) in [7, 11) is 1.63. The first-order valence-corrected chi connectivity index (χ1v) is 13.6. The van der Waals surface area contributed by atoms with Crippen LogP contribution in [0.25, 0.3) is 0 Å². The minimum absolute atomic E-state index is 0.0612. The Morgan fingerprint density at radius 1 is 0.946 bits per heavy atom. The fraction of sp³-hybridized carbons (Fsp3) is 0.533. The van der Waals surface area contributed by atoms with Crippen molar-refractivity contribution in [3.8, 4) is 17.2 Å². The number of hydrogen-bond acceptors (Lipinski definition) is 5. The number of rotatable bonds is 13. The van der Waals surface area contributed by atoms with Crippen LogP contribution in [0.4, 0.5) is 0 Å². The summed E-state index contributed by atoms with van der Waals surface area (Å²) < 4.78 is 16.7. The minimum atomic E-state index is -0.573. The average molecular weight is 511 g/mol. The maximum atomic E-state index is 13.5. The van der Waals surface area contributed by atoms with E-state index in [1.807, 2.05) is 63.2 Å². The van der Waals surface area contributed by atoms with E-state index in [0.29, 0.717) is 37.7 Å². The van der Waals surface area contributed by atoms with Gasteiger partial charge in [0.05, 0.1) is 20.3 Å². The van der Waals surface area contributed by atoms with Gasteiger partial charge in [-0.2, -0.15) is 0 Å². The minimum Gasteiger partial charge on any atom is -0.497 e. The first-order chi connectivity index (χ1) is 17.9. The smallest absolute Gasteiger partial charge is 0.242 e. The van der Waals surface area contributed by atoms with Gasteiger partial charge in [-0.1, -0.05) is 37.5 Å². The predicted octanol–water partition coefficient (Wildman–Crippen LogP) is 5.29. The van der Waals surface area contributed by atoms with Crippen LogP contribution in [0.2, 0.25) is 0 Å². The summed E-state index contributed by atoms with van der Waals surface area (Å²) >= 11 is 0. The van der Waals surface area contributed by atoms with Crippen molar-refractivity contribution in [3.63, 3.8) is 0 Å². The van der Waals surface area contributed by atoms with Crippen molar-refractivity contribution in [3.05, 3.63) is 53.6 Å². The van der Waals surface area contributed by atoms with Crippen LogP contribution >= 0.6 is 0 Å². The number of hydrogen-bond donors (Lipinski definition) is 1. The molecule has 0 heterocycles. The van der Waals surface area contributed by atoms with Crippen LogP contribution < -0.4 is 19.5 Å². The maximum absolute atomic E-state index is 13.5. The fourth-order valence-corrected chi connectivity index (χ4v) is 4.72. The number of nitrogens with zero attached hydrogens (tertiary/aromatic N) is 1. The third-order valence-corrected chi connectivity index (χ3v) is 6.87. The fourth-order valence-electron chi connectivity index (χ4n) is 4.72. The molecule has 1 atom stereocenters. The van der Waals surface area contributed by atoms with E-state index in [9.17, 15) is 9.59 Å². The normalized spacial score (nSPS) is 14.5. The molecule has 7 heteroatoms. The van der Waals surface area contributed by atoms with Crippen molar-refractivity contribution in [1.82, 2.24) is 10.2 Å². The first kappa shape index (κ1) is 28.4. The van der Waals surface area contributed by atoms with Gasteiger partial charge in [0.15, 0.2) is 11.5 Å². The van der Waals surface area contributed by atoms with Gasteiger partial charge in [-0.15, -0.1) is 0 Å². The summed E-state index contributed by atoms with van der Waals surface area (Å²) in [5.41, 5.74) is 1.94. The standard InChI is InChI=1S/C30H42N2O5/c1-5-36-27-18-14-23(20-28(27)37-6-2)15-19-29(33)32(21-24-12-16-26(35-4)17-13-24)22(3)30(34)31-25-10-8-7-9-11-25/h12-14,16-18,20,22,25H,5-11,15,19,21H2,1-4H3,(H,31,34)/t22-/m1/s1. The highest BCUT2D eigenvalue weighted by Crippen LogP contribution is 2.29. The number of benzene rings is 2. The molecule has 7 nitrogen and oxygen atoms in total. The summed E-state index contributed by atoms with van der Waals surface area (Å²) in [6.07, 6.45) is 6.34. The Balaban J connectivity index is 1.72. The van der Waals surface area contributed by atoms with E-state index >= 15 is 0 Å². The van der Waals surface area contributed by atoms with Crippen LogP contribution in [0.15, 0.2) is 42.5 Å². The number of nitrogens with one attached hydrogen (secondary N) is 1. The molecule has 0 radical (unpaired) electrons. The molecule has 2 amide bonds. The molecule has 1 aliphatic carbocycles. The van der Waals surface area contributed by atoms with Crippen molar-refractivity contribution in [1.29, 1.82) is 0 Å². The molecule has 0 spiro atoms. The number of carbonyl (C=O) groups is 2. The molecule has 0 aliphatic heterocycles. The largest absolute Gasteiger partial charge is 0.497 e. The Morgan fingerprint density at radius 2 is 1.59 bits per heavy atom. The van der Waals surface area contributed by atoms with Crippen LogP contribution in [0, 0.1) is 0 Å². The van der Waals surface area contributed by atoms with Crippen molar-refractivity contribution >= 4 is 11.8 Å². The highest BCUT2D eigenvalue weighted by Gasteiger charge is 2.28. The number of ether oxygens (including phenoxy) is 3. The van der Waals surface area contributed by atoms with Gasteiger partial charge >= 0.3 is 0 Å². The Bertz CT molecular complexity index is 1000. The van der Waals surface area contributed by atoms with Gasteiger partial charge in [0.2, 0.25) is 11.8 Å². The third-order valence-electron chi connectivity index (χ3n) is 6.87. The summed E-state index contributed by atoms with van der Waals surface area (Å²) in [5.74, 6) is 1.99. The second-order valence-corrected chi connectivity index (χ2v) is 9.54. The van der Waals surface area contributed by atoms with Crippen LogP contribution in [0.5, 0.6) is 17.2 Å². The number of aryl methyl sites for hydroxylation is 1. The van der Waals surface area contributed by atoms with Gasteiger partial charge < -0.3 is 24.4 Å². The Hall–Kier alpha value is -3.22. The number of methoxy groups -OCH3 is 1. The molecule has 1 N–H and O–H groups in total. The second kappa shape index (κ2) is 14.5. The predicted molar refractivity (Wildman–Crippen MR) is 145 cm³/mol. The Morgan fingerprint density at radius 3 is 2.24 bits per heavy atom.